The fourth-order valence-corrected chi connectivity index (χ4v) is 0. The molecule has 2 N–H and O–H groups in total. The molecule has 0 bridgehead atoms. The summed E-state index contributed by atoms with van der Waals surface area (Å²) in [4.78, 5) is 0. The predicted molar refractivity (Wildman–Crippen MR) is 4.73 cm³/mol. The molecule has 0 heterocycles. The topological polar surface area (TPSA) is 31.5 Å². The van der Waals surface area contributed by atoms with Gasteiger partial charge in [-0.1, -0.05) is 0 Å². The van der Waals surface area contributed by atoms with Gasteiger partial charge in [0.25, 0.3) is 0 Å². The van der Waals surface area contributed by atoms with Gasteiger partial charge in [0.05, 0.1) is 0 Å². The Bertz CT molecular complexity index is 15.5. The molecule has 0 aliphatic rings. The summed E-state index contributed by atoms with van der Waals surface area (Å²) in [5.74, 6) is 0. The van der Waals surface area contributed by atoms with E-state index in [-0.39, 0.29) is 80.1 Å². The molecule has 5 heavy (non-hydrogen) atoms. The third-order valence-electron chi connectivity index (χ3n) is 0. The van der Waals surface area contributed by atoms with Gasteiger partial charge >= 0.3 is 18.9 Å². The van der Waals surface area contributed by atoms with E-state index < -0.39 is 0 Å². The average molecular weight is 327 g/mol. The summed E-state index contributed by atoms with van der Waals surface area (Å²) in [6, 6.07) is 0. The Kier molecular flexibility index (Phi) is 382. The van der Waals surface area contributed by atoms with Crippen LogP contribution in [0.15, 0.2) is 0 Å². The molecule has 0 aliphatic heterocycles. The van der Waals surface area contributed by atoms with E-state index in [4.69, 9.17) is 0 Å². The van der Waals surface area contributed by atoms with Crippen LogP contribution in [0.25, 0.3) is 0 Å². The van der Waals surface area contributed by atoms with Crippen LogP contribution in [0.2, 0.25) is 0 Å². The minimum Gasteiger partial charge on any atom is -1.00 e. The third-order valence-corrected chi connectivity index (χ3v) is 0. The Hall–Kier alpha value is 2.25. The quantitative estimate of drug-likeness (QED) is 0.410. The summed E-state index contributed by atoms with van der Waals surface area (Å²) in [5, 5.41) is 0. The van der Waals surface area contributed by atoms with Crippen molar-refractivity contribution in [1.82, 2.24) is 0 Å². The van der Waals surface area contributed by atoms with Gasteiger partial charge in [-0.25, -0.2) is 0 Å². The van der Waals surface area contributed by atoms with E-state index >= 15 is 0 Å². The molecular formula is H3CoLiNiOW. The normalized spacial score (nSPS) is 0. The molecule has 0 aromatic heterocycles. The predicted octanol–water partition coefficient (Wildman–Crippen LogP) is -3.72. The second-order valence-corrected chi connectivity index (χ2v) is 0. The molecule has 0 spiro atoms. The first-order chi connectivity index (χ1) is 0. The maximum absolute atomic E-state index is 0. The van der Waals surface area contributed by atoms with Gasteiger partial charge < -0.3 is 6.90 Å². The van der Waals surface area contributed by atoms with Crippen LogP contribution in [-0.4, -0.2) is 5.48 Å². The second kappa shape index (κ2) is 34.1. The molecule has 1 nitrogen and oxygen atoms in total. The van der Waals surface area contributed by atoms with Gasteiger partial charge in [0, 0.05) is 54.3 Å². The summed E-state index contributed by atoms with van der Waals surface area (Å²) in [6.07, 6.45) is 0. The Morgan fingerprint density at radius 2 is 1.20 bits per heavy atom. The molecule has 0 saturated carbocycles. The molecule has 1 radical (unpaired) electrons. The van der Waals surface area contributed by atoms with Crippen LogP contribution in [0, 0.1) is 0 Å². The molecule has 35 valence electrons. The van der Waals surface area contributed by atoms with E-state index in [0.29, 0.717) is 0 Å². The first-order valence-electron chi connectivity index (χ1n) is 0. The van der Waals surface area contributed by atoms with Gasteiger partial charge in [-0.2, -0.15) is 0 Å². The fraction of sp³-hybridized carbons (Fsp3) is 0. The van der Waals surface area contributed by atoms with Crippen LogP contribution in [0.5, 0.6) is 0 Å². The van der Waals surface area contributed by atoms with Crippen LogP contribution in [0.1, 0.15) is 1.43 Å². The summed E-state index contributed by atoms with van der Waals surface area (Å²) < 4.78 is 0. The van der Waals surface area contributed by atoms with E-state index in [1.807, 2.05) is 0 Å². The van der Waals surface area contributed by atoms with Crippen molar-refractivity contribution >= 4 is 0 Å². The van der Waals surface area contributed by atoms with Gasteiger partial charge in [-0.3, -0.25) is 0 Å². The third kappa shape index (κ3) is 22.3. The minimum absolute atomic E-state index is 0. The maximum atomic E-state index is 0. The second-order valence-electron chi connectivity index (χ2n) is 0. The van der Waals surface area contributed by atoms with Crippen molar-refractivity contribution in [2.45, 2.75) is 0 Å². The van der Waals surface area contributed by atoms with Gasteiger partial charge in [0.15, 0.2) is 0 Å². The largest absolute Gasteiger partial charge is 1.00 e. The van der Waals surface area contributed by atoms with Gasteiger partial charge in [0.1, 0.15) is 0 Å². The maximum Gasteiger partial charge on any atom is 1.00 e. The summed E-state index contributed by atoms with van der Waals surface area (Å²) in [5.41, 5.74) is 0. The van der Waals surface area contributed by atoms with Gasteiger partial charge in [-0.15, -0.1) is 0 Å². The summed E-state index contributed by atoms with van der Waals surface area (Å²) in [6.45, 7) is 0. The Morgan fingerprint density at radius 1 is 1.20 bits per heavy atom. The molecule has 0 aromatic rings. The van der Waals surface area contributed by atoms with Crippen LogP contribution in [0.4, 0.5) is 0 Å². The van der Waals surface area contributed by atoms with Crippen LogP contribution < -0.4 is 18.9 Å². The summed E-state index contributed by atoms with van der Waals surface area (Å²) >= 11 is 0. The molecule has 0 saturated heterocycles. The first-order valence-corrected chi connectivity index (χ1v) is 0. The van der Waals surface area contributed by atoms with Crippen LogP contribution in [-0.2, 0) is 54.3 Å². The van der Waals surface area contributed by atoms with Crippen molar-refractivity contribution in [2.24, 2.45) is 0 Å². The molecule has 0 atom stereocenters. The van der Waals surface area contributed by atoms with E-state index in [1.54, 1.807) is 0 Å². The molecular weight excluding hydrogens is 324 g/mol. The van der Waals surface area contributed by atoms with Crippen molar-refractivity contribution in [3.05, 3.63) is 0 Å². The summed E-state index contributed by atoms with van der Waals surface area (Å²) in [7, 11) is 0. The minimum atomic E-state index is 0. The number of hydrogen-bond acceptors (Lipinski definition) is 0. The molecule has 0 amide bonds. The average Bonchev–Trinajstić information content (AvgIpc) is 0. The van der Waals surface area contributed by atoms with Crippen molar-refractivity contribution < 1.29 is 80.1 Å². The number of hydrogen-bond donors (Lipinski definition) is 0. The van der Waals surface area contributed by atoms with Gasteiger partial charge in [-0.05, 0) is 0 Å². The van der Waals surface area contributed by atoms with E-state index in [9.17, 15) is 0 Å². The van der Waals surface area contributed by atoms with Crippen LogP contribution in [0.3, 0.4) is 0 Å². The van der Waals surface area contributed by atoms with E-state index in [2.05, 4.69) is 0 Å². The molecule has 5 heteroatoms. The molecule has 0 aliphatic carbocycles. The molecule has 0 unspecified atom stereocenters. The standard InChI is InChI=1S/Co.Li.Ni.H2O.W.H/h;;;1H2;;/q;+1;;;;-1. The Balaban J connectivity index is 0. The zero-order valence-electron chi connectivity index (χ0n) is 3.56. The van der Waals surface area contributed by atoms with Gasteiger partial charge in [0.2, 0.25) is 0 Å². The Labute approximate surface area is 79.4 Å². The zero-order valence-corrected chi connectivity index (χ0v) is 7.52. The van der Waals surface area contributed by atoms with E-state index in [1.165, 1.54) is 0 Å². The van der Waals surface area contributed by atoms with Crippen molar-refractivity contribution in [3.63, 3.8) is 0 Å². The monoisotopic (exact) mass is 327 g/mol. The SMILES string of the molecule is O.[Co].[H-].[Li+].[Ni].[W]. The van der Waals surface area contributed by atoms with Crippen LogP contribution >= 0.6 is 0 Å². The van der Waals surface area contributed by atoms with Crippen molar-refractivity contribution in [2.75, 3.05) is 0 Å². The first kappa shape index (κ1) is 56.0. The molecule has 0 aromatic carbocycles. The molecule has 0 rings (SSSR count). The van der Waals surface area contributed by atoms with Crippen molar-refractivity contribution in [1.29, 1.82) is 0 Å². The fourth-order valence-electron chi connectivity index (χ4n) is 0. The smallest absolute Gasteiger partial charge is 1.00 e. The van der Waals surface area contributed by atoms with Crippen molar-refractivity contribution in [3.8, 4) is 0 Å². The molecule has 0 fully saturated rings. The zero-order chi connectivity index (χ0) is 0. The Morgan fingerprint density at radius 3 is 1.20 bits per heavy atom. The van der Waals surface area contributed by atoms with E-state index in [0.717, 1.165) is 0 Å². The number of rotatable bonds is 0.